The minimum absolute atomic E-state index is 0.0938. The van der Waals surface area contributed by atoms with E-state index < -0.39 is 5.97 Å². The zero-order valence-electron chi connectivity index (χ0n) is 9.56. The summed E-state index contributed by atoms with van der Waals surface area (Å²) in [4.78, 5) is 14.8. The van der Waals surface area contributed by atoms with Crippen molar-refractivity contribution < 1.29 is 14.6 Å². The van der Waals surface area contributed by atoms with Crippen LogP contribution in [0.15, 0.2) is 18.2 Å². The van der Waals surface area contributed by atoms with E-state index in [0.717, 1.165) is 31.7 Å². The topological polar surface area (TPSA) is 71.5 Å². The number of nitrogens with one attached hydrogen (secondary N) is 1. The monoisotopic (exact) mass is 236 g/mol. The Morgan fingerprint density at radius 2 is 2.24 bits per heavy atom. The second-order valence-electron chi connectivity index (χ2n) is 4.09. The van der Waals surface area contributed by atoms with E-state index >= 15 is 0 Å². The lowest BCUT2D eigenvalue weighted by atomic mass is 10.1. The average molecular weight is 236 g/mol. The first kappa shape index (κ1) is 12.0. The summed E-state index contributed by atoms with van der Waals surface area (Å²) in [5.41, 5.74) is 0.854. The zero-order chi connectivity index (χ0) is 12.1. The molecule has 0 atom stereocenters. The summed E-state index contributed by atoms with van der Waals surface area (Å²) in [6.07, 6.45) is 2.00. The Bertz CT molecular complexity index is 389. The van der Waals surface area contributed by atoms with Crippen molar-refractivity contribution in [3.8, 4) is 0 Å². The molecular formula is C12H16N2O3. The Labute approximate surface area is 99.8 Å². The van der Waals surface area contributed by atoms with E-state index in [1.54, 1.807) is 6.07 Å². The van der Waals surface area contributed by atoms with Crippen LogP contribution in [0.2, 0.25) is 0 Å². The zero-order valence-corrected chi connectivity index (χ0v) is 9.56. The molecule has 1 fully saturated rings. The van der Waals surface area contributed by atoms with Gasteiger partial charge in [0.15, 0.2) is 0 Å². The Hall–Kier alpha value is -1.46. The summed E-state index contributed by atoms with van der Waals surface area (Å²) < 4.78 is 5.27. The van der Waals surface area contributed by atoms with Crippen LogP contribution in [-0.2, 0) is 11.3 Å². The summed E-state index contributed by atoms with van der Waals surface area (Å²) in [6.45, 7) is 2.19. The Morgan fingerprint density at radius 1 is 1.47 bits per heavy atom. The number of pyridine rings is 1. The molecule has 2 N–H and O–H groups in total. The first-order chi connectivity index (χ1) is 8.25. The average Bonchev–Trinajstić information content (AvgIpc) is 2.38. The van der Waals surface area contributed by atoms with Gasteiger partial charge in [-0.25, -0.2) is 9.78 Å². The number of rotatable bonds is 4. The van der Waals surface area contributed by atoms with Crippen LogP contribution in [-0.4, -0.2) is 35.3 Å². The molecule has 1 aromatic rings. The van der Waals surface area contributed by atoms with E-state index in [9.17, 15) is 4.79 Å². The van der Waals surface area contributed by atoms with Crippen molar-refractivity contribution in [2.45, 2.75) is 25.4 Å². The largest absolute Gasteiger partial charge is 0.477 e. The van der Waals surface area contributed by atoms with E-state index in [4.69, 9.17) is 9.84 Å². The second-order valence-corrected chi connectivity index (χ2v) is 4.09. The van der Waals surface area contributed by atoms with Gasteiger partial charge in [0.25, 0.3) is 0 Å². The fourth-order valence-corrected chi connectivity index (χ4v) is 1.85. The third-order valence-corrected chi connectivity index (χ3v) is 2.82. The first-order valence-corrected chi connectivity index (χ1v) is 5.76. The van der Waals surface area contributed by atoms with Gasteiger partial charge >= 0.3 is 5.97 Å². The Morgan fingerprint density at radius 3 is 2.94 bits per heavy atom. The predicted molar refractivity (Wildman–Crippen MR) is 61.9 cm³/mol. The molecule has 5 nitrogen and oxygen atoms in total. The lowest BCUT2D eigenvalue weighted by Crippen LogP contribution is -2.34. The van der Waals surface area contributed by atoms with Crippen LogP contribution < -0.4 is 5.32 Å². The number of aromatic carboxylic acids is 1. The highest BCUT2D eigenvalue weighted by atomic mass is 16.5. The number of ether oxygens (including phenoxy) is 1. The van der Waals surface area contributed by atoms with Crippen molar-refractivity contribution in [1.82, 2.24) is 10.3 Å². The van der Waals surface area contributed by atoms with Gasteiger partial charge < -0.3 is 15.2 Å². The minimum atomic E-state index is -0.988. The van der Waals surface area contributed by atoms with E-state index in [0.29, 0.717) is 12.6 Å². The molecule has 2 heterocycles. The fraction of sp³-hybridized carbons (Fsp3) is 0.500. The maximum absolute atomic E-state index is 10.8. The third kappa shape index (κ3) is 3.51. The summed E-state index contributed by atoms with van der Waals surface area (Å²) in [5, 5.41) is 12.2. The molecule has 0 spiro atoms. The number of hydrogen-bond acceptors (Lipinski definition) is 4. The highest BCUT2D eigenvalue weighted by Gasteiger charge is 2.13. The molecule has 1 aromatic heterocycles. The highest BCUT2D eigenvalue weighted by molar-refractivity contribution is 5.85. The molecule has 0 bridgehead atoms. The number of carboxylic acid groups (broad SMARTS) is 1. The molecule has 0 aromatic carbocycles. The van der Waals surface area contributed by atoms with Crippen LogP contribution in [0.1, 0.15) is 29.0 Å². The van der Waals surface area contributed by atoms with E-state index in [1.165, 1.54) is 6.07 Å². The van der Waals surface area contributed by atoms with Crippen LogP contribution >= 0.6 is 0 Å². The number of carbonyl (C=O) groups is 1. The molecule has 1 saturated heterocycles. The minimum Gasteiger partial charge on any atom is -0.477 e. The number of hydrogen-bond donors (Lipinski definition) is 2. The molecule has 1 aliphatic heterocycles. The number of carboxylic acids is 1. The van der Waals surface area contributed by atoms with Crippen molar-refractivity contribution in [2.24, 2.45) is 0 Å². The highest BCUT2D eigenvalue weighted by Crippen LogP contribution is 2.07. The molecule has 5 heteroatoms. The van der Waals surface area contributed by atoms with Crippen LogP contribution in [0.5, 0.6) is 0 Å². The van der Waals surface area contributed by atoms with Crippen molar-refractivity contribution >= 4 is 5.97 Å². The number of nitrogens with zero attached hydrogens (tertiary/aromatic N) is 1. The van der Waals surface area contributed by atoms with Crippen molar-refractivity contribution in [3.63, 3.8) is 0 Å². The van der Waals surface area contributed by atoms with Gasteiger partial charge in [0.2, 0.25) is 0 Å². The maximum atomic E-state index is 10.8. The van der Waals surface area contributed by atoms with Gasteiger partial charge in [-0.05, 0) is 25.0 Å². The van der Waals surface area contributed by atoms with Gasteiger partial charge in [-0.1, -0.05) is 6.07 Å². The number of aromatic nitrogens is 1. The van der Waals surface area contributed by atoms with Crippen molar-refractivity contribution in [2.75, 3.05) is 13.2 Å². The van der Waals surface area contributed by atoms with E-state index in [-0.39, 0.29) is 5.69 Å². The molecule has 0 radical (unpaired) electrons. The second kappa shape index (κ2) is 5.75. The summed E-state index contributed by atoms with van der Waals surface area (Å²) in [7, 11) is 0. The molecule has 17 heavy (non-hydrogen) atoms. The normalized spacial score (nSPS) is 16.9. The predicted octanol–water partition coefficient (Wildman–Crippen LogP) is 1.05. The van der Waals surface area contributed by atoms with Crippen LogP contribution in [0.4, 0.5) is 0 Å². The van der Waals surface area contributed by atoms with Gasteiger partial charge in [0.05, 0.1) is 5.69 Å². The molecule has 1 aliphatic rings. The van der Waals surface area contributed by atoms with Crippen molar-refractivity contribution in [3.05, 3.63) is 29.6 Å². The van der Waals surface area contributed by atoms with Gasteiger partial charge in [0, 0.05) is 25.8 Å². The molecular weight excluding hydrogens is 220 g/mol. The summed E-state index contributed by atoms with van der Waals surface area (Å²) in [6, 6.07) is 5.50. The van der Waals surface area contributed by atoms with Crippen LogP contribution in [0, 0.1) is 0 Å². The molecule has 2 rings (SSSR count). The molecule has 0 amide bonds. The quantitative estimate of drug-likeness (QED) is 0.817. The van der Waals surface area contributed by atoms with Gasteiger partial charge in [-0.15, -0.1) is 0 Å². The van der Waals surface area contributed by atoms with Crippen LogP contribution in [0.3, 0.4) is 0 Å². The van der Waals surface area contributed by atoms with E-state index in [2.05, 4.69) is 10.3 Å². The fourth-order valence-electron chi connectivity index (χ4n) is 1.85. The Balaban J connectivity index is 1.89. The summed E-state index contributed by atoms with van der Waals surface area (Å²) >= 11 is 0. The standard InChI is InChI=1S/C12H16N2O3/c15-12(16)11-3-1-2-10(14-11)8-13-9-4-6-17-7-5-9/h1-3,9,13H,4-8H2,(H,15,16). The van der Waals surface area contributed by atoms with Gasteiger partial charge in [-0.3, -0.25) is 0 Å². The SMILES string of the molecule is O=C(O)c1cccc(CNC2CCOCC2)n1. The maximum Gasteiger partial charge on any atom is 0.354 e. The van der Waals surface area contributed by atoms with Gasteiger partial charge in [0.1, 0.15) is 5.69 Å². The molecule has 0 saturated carbocycles. The Kier molecular flexibility index (Phi) is 4.06. The van der Waals surface area contributed by atoms with Crippen molar-refractivity contribution in [1.29, 1.82) is 0 Å². The third-order valence-electron chi connectivity index (χ3n) is 2.82. The first-order valence-electron chi connectivity index (χ1n) is 5.76. The molecule has 0 aliphatic carbocycles. The molecule has 0 unspecified atom stereocenters. The molecule has 92 valence electrons. The lowest BCUT2D eigenvalue weighted by Gasteiger charge is -2.23. The van der Waals surface area contributed by atoms with Gasteiger partial charge in [-0.2, -0.15) is 0 Å². The van der Waals surface area contributed by atoms with E-state index in [1.807, 2.05) is 6.07 Å². The smallest absolute Gasteiger partial charge is 0.354 e. The summed E-state index contributed by atoms with van der Waals surface area (Å²) in [5.74, 6) is -0.988. The van der Waals surface area contributed by atoms with Crippen LogP contribution in [0.25, 0.3) is 0 Å². The lowest BCUT2D eigenvalue weighted by molar-refractivity contribution is 0.0690.